The number of hydrogen-bond acceptors (Lipinski definition) is 2. The molecule has 0 unspecified atom stereocenters. The summed E-state index contributed by atoms with van der Waals surface area (Å²) in [7, 11) is 0. The Kier molecular flexibility index (Phi) is 3.39. The molecule has 1 heterocycles. The maximum atomic E-state index is 11.5. The fourth-order valence-electron chi connectivity index (χ4n) is 2.52. The van der Waals surface area contributed by atoms with E-state index in [-0.39, 0.29) is 0 Å². The lowest BCUT2D eigenvalue weighted by Crippen LogP contribution is -2.46. The molecular weight excluding hydrogens is 198 g/mol. The van der Waals surface area contributed by atoms with Crippen LogP contribution in [0.5, 0.6) is 0 Å². The smallest absolute Gasteiger partial charge is 0.136 e. The Hall–Kier alpha value is -1.15. The standard InChI is InChI=1S/C14H19NO/c1-11-8-14(16)9-12(2)15(11)10-13-6-4-3-5-7-13/h3-7,11-12H,8-10H2,1-2H3/t11-,12-/m1/s1. The molecule has 1 aromatic carbocycles. The minimum atomic E-state index is 0.372. The maximum absolute atomic E-state index is 11.5. The largest absolute Gasteiger partial charge is 0.300 e. The first kappa shape index (κ1) is 11.3. The number of hydrogen-bond donors (Lipinski definition) is 0. The molecule has 2 heteroatoms. The average molecular weight is 217 g/mol. The number of likely N-dealkylation sites (tertiary alicyclic amines) is 1. The van der Waals surface area contributed by atoms with Gasteiger partial charge in [-0.15, -0.1) is 0 Å². The summed E-state index contributed by atoms with van der Waals surface area (Å²) in [5, 5.41) is 0. The Morgan fingerprint density at radius 2 is 1.69 bits per heavy atom. The summed E-state index contributed by atoms with van der Waals surface area (Å²) in [5.41, 5.74) is 1.33. The lowest BCUT2D eigenvalue weighted by Gasteiger charge is -2.38. The van der Waals surface area contributed by atoms with Crippen LogP contribution in [0.3, 0.4) is 0 Å². The van der Waals surface area contributed by atoms with Crippen molar-refractivity contribution in [2.45, 2.75) is 45.3 Å². The number of piperidine rings is 1. The second-order valence-electron chi connectivity index (χ2n) is 4.80. The molecule has 0 bridgehead atoms. The van der Waals surface area contributed by atoms with E-state index < -0.39 is 0 Å². The maximum Gasteiger partial charge on any atom is 0.136 e. The van der Waals surface area contributed by atoms with Gasteiger partial charge in [0.15, 0.2) is 0 Å². The van der Waals surface area contributed by atoms with Crippen LogP contribution >= 0.6 is 0 Å². The Bertz CT molecular complexity index is 346. The average Bonchev–Trinajstić information content (AvgIpc) is 2.25. The molecule has 1 saturated heterocycles. The van der Waals surface area contributed by atoms with Crippen molar-refractivity contribution in [3.8, 4) is 0 Å². The van der Waals surface area contributed by atoms with Crippen molar-refractivity contribution in [1.29, 1.82) is 0 Å². The summed E-state index contributed by atoms with van der Waals surface area (Å²) in [6.45, 7) is 5.25. The van der Waals surface area contributed by atoms with Crippen LogP contribution in [0.1, 0.15) is 32.3 Å². The molecule has 1 aromatic rings. The van der Waals surface area contributed by atoms with Crippen LogP contribution in [0, 0.1) is 0 Å². The van der Waals surface area contributed by atoms with Gasteiger partial charge in [-0.1, -0.05) is 30.3 Å². The molecule has 2 nitrogen and oxygen atoms in total. The fourth-order valence-corrected chi connectivity index (χ4v) is 2.52. The van der Waals surface area contributed by atoms with Gasteiger partial charge < -0.3 is 0 Å². The van der Waals surface area contributed by atoms with Crippen LogP contribution in [0.15, 0.2) is 30.3 Å². The molecule has 0 spiro atoms. The molecular formula is C14H19NO. The van der Waals surface area contributed by atoms with Crippen LogP contribution < -0.4 is 0 Å². The summed E-state index contributed by atoms with van der Waals surface area (Å²) in [4.78, 5) is 13.9. The predicted molar refractivity (Wildman–Crippen MR) is 65.2 cm³/mol. The molecule has 0 radical (unpaired) electrons. The normalized spacial score (nSPS) is 27.0. The van der Waals surface area contributed by atoms with Crippen LogP contribution in [0.2, 0.25) is 0 Å². The summed E-state index contributed by atoms with van der Waals surface area (Å²) >= 11 is 0. The quantitative estimate of drug-likeness (QED) is 0.759. The SMILES string of the molecule is C[C@@H]1CC(=O)C[C@@H](C)N1Cc1ccccc1. The lowest BCUT2D eigenvalue weighted by molar-refractivity contribution is -0.125. The molecule has 86 valence electrons. The highest BCUT2D eigenvalue weighted by atomic mass is 16.1. The van der Waals surface area contributed by atoms with Crippen molar-refractivity contribution < 1.29 is 4.79 Å². The van der Waals surface area contributed by atoms with E-state index in [0.29, 0.717) is 30.7 Å². The van der Waals surface area contributed by atoms with E-state index in [1.165, 1.54) is 5.56 Å². The van der Waals surface area contributed by atoms with Crippen molar-refractivity contribution in [2.24, 2.45) is 0 Å². The Balaban J connectivity index is 2.06. The van der Waals surface area contributed by atoms with Crippen LogP contribution in [-0.4, -0.2) is 22.8 Å². The first-order chi connectivity index (χ1) is 7.66. The van der Waals surface area contributed by atoms with Gasteiger partial charge in [0.25, 0.3) is 0 Å². The third kappa shape index (κ3) is 2.50. The lowest BCUT2D eigenvalue weighted by atomic mass is 9.95. The first-order valence-corrected chi connectivity index (χ1v) is 5.98. The van der Waals surface area contributed by atoms with Gasteiger partial charge in [0, 0.05) is 31.5 Å². The fraction of sp³-hybridized carbons (Fsp3) is 0.500. The number of Topliss-reactive ketones (excluding diaryl/α,β-unsaturated/α-hetero) is 1. The zero-order valence-corrected chi connectivity index (χ0v) is 10.0. The van der Waals surface area contributed by atoms with Gasteiger partial charge in [0.2, 0.25) is 0 Å². The van der Waals surface area contributed by atoms with Gasteiger partial charge in [0.1, 0.15) is 5.78 Å². The van der Waals surface area contributed by atoms with E-state index in [9.17, 15) is 4.79 Å². The van der Waals surface area contributed by atoms with E-state index in [0.717, 1.165) is 6.54 Å². The van der Waals surface area contributed by atoms with Gasteiger partial charge in [0.05, 0.1) is 0 Å². The van der Waals surface area contributed by atoms with Crippen molar-refractivity contribution in [3.05, 3.63) is 35.9 Å². The molecule has 1 fully saturated rings. The molecule has 16 heavy (non-hydrogen) atoms. The van der Waals surface area contributed by atoms with E-state index in [2.05, 4.69) is 43.0 Å². The third-order valence-electron chi connectivity index (χ3n) is 3.39. The molecule has 0 aromatic heterocycles. The summed E-state index contributed by atoms with van der Waals surface area (Å²) in [6.07, 6.45) is 1.41. The van der Waals surface area contributed by atoms with Crippen LogP contribution in [0.4, 0.5) is 0 Å². The van der Waals surface area contributed by atoms with E-state index >= 15 is 0 Å². The number of rotatable bonds is 2. The molecule has 0 aliphatic carbocycles. The molecule has 2 rings (SSSR count). The summed E-state index contributed by atoms with van der Waals surface area (Å²) < 4.78 is 0. The van der Waals surface area contributed by atoms with Crippen LogP contribution in [0.25, 0.3) is 0 Å². The number of benzene rings is 1. The number of carbonyl (C=O) groups is 1. The second-order valence-corrected chi connectivity index (χ2v) is 4.80. The van der Waals surface area contributed by atoms with Crippen molar-refractivity contribution in [3.63, 3.8) is 0 Å². The molecule has 0 saturated carbocycles. The molecule has 1 aliphatic rings. The number of nitrogens with zero attached hydrogens (tertiary/aromatic N) is 1. The highest BCUT2D eigenvalue weighted by molar-refractivity contribution is 5.80. The Morgan fingerprint density at radius 3 is 2.25 bits per heavy atom. The summed E-state index contributed by atoms with van der Waals surface area (Å²) in [6, 6.07) is 11.2. The molecule has 2 atom stereocenters. The highest BCUT2D eigenvalue weighted by Gasteiger charge is 2.29. The highest BCUT2D eigenvalue weighted by Crippen LogP contribution is 2.22. The van der Waals surface area contributed by atoms with Gasteiger partial charge >= 0.3 is 0 Å². The van der Waals surface area contributed by atoms with Crippen molar-refractivity contribution >= 4 is 5.78 Å². The molecule has 1 aliphatic heterocycles. The van der Waals surface area contributed by atoms with E-state index in [1.54, 1.807) is 0 Å². The number of ketones is 1. The van der Waals surface area contributed by atoms with Crippen molar-refractivity contribution in [2.75, 3.05) is 0 Å². The van der Waals surface area contributed by atoms with E-state index in [1.807, 2.05) is 6.07 Å². The van der Waals surface area contributed by atoms with Gasteiger partial charge in [-0.25, -0.2) is 0 Å². The molecule has 0 N–H and O–H groups in total. The monoisotopic (exact) mass is 217 g/mol. The Labute approximate surface area is 97.3 Å². The Morgan fingerprint density at radius 1 is 1.12 bits per heavy atom. The minimum absolute atomic E-state index is 0.372. The van der Waals surface area contributed by atoms with Gasteiger partial charge in [-0.05, 0) is 19.4 Å². The topological polar surface area (TPSA) is 20.3 Å². The van der Waals surface area contributed by atoms with Crippen LogP contribution in [-0.2, 0) is 11.3 Å². The number of carbonyl (C=O) groups excluding carboxylic acids is 1. The second kappa shape index (κ2) is 4.79. The third-order valence-corrected chi connectivity index (χ3v) is 3.39. The van der Waals surface area contributed by atoms with Gasteiger partial charge in [-0.2, -0.15) is 0 Å². The van der Waals surface area contributed by atoms with Gasteiger partial charge in [-0.3, -0.25) is 9.69 Å². The minimum Gasteiger partial charge on any atom is -0.300 e. The van der Waals surface area contributed by atoms with E-state index in [4.69, 9.17) is 0 Å². The zero-order valence-electron chi connectivity index (χ0n) is 10.0. The predicted octanol–water partition coefficient (Wildman–Crippen LogP) is 2.63. The van der Waals surface area contributed by atoms with Crippen molar-refractivity contribution in [1.82, 2.24) is 4.90 Å². The molecule has 0 amide bonds. The first-order valence-electron chi connectivity index (χ1n) is 5.98. The summed E-state index contributed by atoms with van der Waals surface area (Å²) in [5.74, 6) is 0.407. The zero-order chi connectivity index (χ0) is 11.5.